The summed E-state index contributed by atoms with van der Waals surface area (Å²) in [6.07, 6.45) is 1.21. The van der Waals surface area contributed by atoms with Gasteiger partial charge in [0.1, 0.15) is 0 Å². The summed E-state index contributed by atoms with van der Waals surface area (Å²) < 4.78 is 33.1. The zero-order chi connectivity index (χ0) is 16.3. The molecule has 2 rings (SSSR count). The summed E-state index contributed by atoms with van der Waals surface area (Å²) >= 11 is 0. The monoisotopic (exact) mass is 309 g/mol. The fourth-order valence-electron chi connectivity index (χ4n) is 1.95. The van der Waals surface area contributed by atoms with Gasteiger partial charge in [-0.05, 0) is 6.07 Å². The molecule has 0 amide bonds. The van der Waals surface area contributed by atoms with Gasteiger partial charge in [-0.15, -0.1) is 0 Å². The van der Waals surface area contributed by atoms with E-state index in [4.69, 9.17) is 5.11 Å². The maximum Gasteiger partial charge on any atom is 0.339 e. The van der Waals surface area contributed by atoms with Crippen molar-refractivity contribution in [2.45, 2.75) is 13.2 Å². The molecule has 0 saturated heterocycles. The number of carbonyl (C=O) groups excluding carboxylic acids is 1. The Labute approximate surface area is 124 Å². The Morgan fingerprint density at radius 2 is 1.82 bits per heavy atom. The van der Waals surface area contributed by atoms with Crippen molar-refractivity contribution in [3.63, 3.8) is 0 Å². The van der Waals surface area contributed by atoms with Crippen LogP contribution < -0.4 is 5.56 Å². The van der Waals surface area contributed by atoms with E-state index in [2.05, 4.69) is 4.74 Å². The van der Waals surface area contributed by atoms with Crippen molar-refractivity contribution in [3.05, 3.63) is 69.1 Å². The van der Waals surface area contributed by atoms with Gasteiger partial charge in [0, 0.05) is 23.4 Å². The molecule has 1 heterocycles. The van der Waals surface area contributed by atoms with Gasteiger partial charge < -0.3 is 14.4 Å². The average molecular weight is 309 g/mol. The van der Waals surface area contributed by atoms with Crippen molar-refractivity contribution >= 4 is 5.97 Å². The summed E-state index contributed by atoms with van der Waals surface area (Å²) in [7, 11) is 1.19. The minimum absolute atomic E-state index is 0.0705. The van der Waals surface area contributed by atoms with E-state index in [9.17, 15) is 18.4 Å². The molecule has 0 saturated carbocycles. The van der Waals surface area contributed by atoms with Crippen LogP contribution in [0.25, 0.3) is 0 Å². The summed E-state index contributed by atoms with van der Waals surface area (Å²) in [5.41, 5.74) is -0.593. The number of rotatable bonds is 4. The molecule has 0 spiro atoms. The molecule has 0 aliphatic rings. The van der Waals surface area contributed by atoms with E-state index in [1.54, 1.807) is 0 Å². The number of ether oxygens (including phenoxy) is 1. The second-order valence-corrected chi connectivity index (χ2v) is 4.55. The standard InChI is InChI=1S/C15H13F2NO4/c1-22-15(21)10-4-5-12(20)18(7-10)6-9-2-3-11(8-19)14(17)13(9)16/h2-5,7,19H,6,8H2,1H3. The van der Waals surface area contributed by atoms with Crippen LogP contribution in [0.5, 0.6) is 0 Å². The number of benzene rings is 1. The predicted octanol–water partition coefficient (Wildman–Crippen LogP) is 1.45. The quantitative estimate of drug-likeness (QED) is 0.868. The second kappa shape index (κ2) is 6.48. The number of methoxy groups -OCH3 is 1. The SMILES string of the molecule is COC(=O)c1ccc(=O)n(Cc2ccc(CO)c(F)c2F)c1. The van der Waals surface area contributed by atoms with E-state index >= 15 is 0 Å². The highest BCUT2D eigenvalue weighted by Crippen LogP contribution is 2.17. The van der Waals surface area contributed by atoms with Crippen LogP contribution in [0.15, 0.2) is 35.3 Å². The molecule has 0 fully saturated rings. The van der Waals surface area contributed by atoms with E-state index in [1.807, 2.05) is 0 Å². The number of halogens is 2. The van der Waals surface area contributed by atoms with Crippen molar-refractivity contribution in [3.8, 4) is 0 Å². The predicted molar refractivity (Wildman–Crippen MR) is 73.4 cm³/mol. The Morgan fingerprint density at radius 3 is 2.45 bits per heavy atom. The number of hydrogen-bond acceptors (Lipinski definition) is 4. The summed E-state index contributed by atoms with van der Waals surface area (Å²) in [4.78, 5) is 23.2. The molecule has 0 radical (unpaired) electrons. The molecule has 0 atom stereocenters. The largest absolute Gasteiger partial charge is 0.465 e. The fraction of sp³-hybridized carbons (Fsp3) is 0.200. The molecule has 1 aromatic carbocycles. The van der Waals surface area contributed by atoms with Crippen molar-refractivity contribution in [1.82, 2.24) is 4.57 Å². The van der Waals surface area contributed by atoms with Gasteiger partial charge in [0.2, 0.25) is 0 Å². The number of nitrogens with zero attached hydrogens (tertiary/aromatic N) is 1. The lowest BCUT2D eigenvalue weighted by Crippen LogP contribution is -2.21. The highest BCUT2D eigenvalue weighted by Gasteiger charge is 2.14. The van der Waals surface area contributed by atoms with E-state index in [0.717, 1.165) is 10.6 Å². The molecule has 1 aromatic heterocycles. The topological polar surface area (TPSA) is 68.5 Å². The van der Waals surface area contributed by atoms with Gasteiger partial charge in [-0.1, -0.05) is 12.1 Å². The minimum Gasteiger partial charge on any atom is -0.465 e. The maximum atomic E-state index is 13.9. The van der Waals surface area contributed by atoms with Crippen LogP contribution in [0, 0.1) is 11.6 Å². The second-order valence-electron chi connectivity index (χ2n) is 4.55. The van der Waals surface area contributed by atoms with Crippen LogP contribution in [0.4, 0.5) is 8.78 Å². The number of esters is 1. The third-order valence-corrected chi connectivity index (χ3v) is 3.16. The van der Waals surface area contributed by atoms with Crippen molar-refractivity contribution < 1.29 is 23.4 Å². The van der Waals surface area contributed by atoms with Gasteiger partial charge in [-0.25, -0.2) is 13.6 Å². The molecule has 2 aromatic rings. The van der Waals surface area contributed by atoms with E-state index in [-0.39, 0.29) is 23.2 Å². The summed E-state index contributed by atoms with van der Waals surface area (Å²) in [6.45, 7) is -0.876. The van der Waals surface area contributed by atoms with Gasteiger partial charge in [0.25, 0.3) is 5.56 Å². The molecule has 0 aliphatic carbocycles. The third-order valence-electron chi connectivity index (χ3n) is 3.16. The number of pyridine rings is 1. The molecule has 0 bridgehead atoms. The first kappa shape index (κ1) is 15.8. The molecule has 116 valence electrons. The van der Waals surface area contributed by atoms with Gasteiger partial charge in [-0.3, -0.25) is 4.79 Å². The van der Waals surface area contributed by atoms with Crippen LogP contribution in [0.1, 0.15) is 21.5 Å². The van der Waals surface area contributed by atoms with Crippen LogP contribution in [0.3, 0.4) is 0 Å². The maximum absolute atomic E-state index is 13.9. The van der Waals surface area contributed by atoms with Crippen LogP contribution in [0.2, 0.25) is 0 Å². The number of hydrogen-bond donors (Lipinski definition) is 1. The van der Waals surface area contributed by atoms with Gasteiger partial charge >= 0.3 is 5.97 Å². The lowest BCUT2D eigenvalue weighted by Gasteiger charge is -2.10. The molecule has 5 nitrogen and oxygen atoms in total. The number of aliphatic hydroxyl groups is 1. The third kappa shape index (κ3) is 3.04. The zero-order valence-electron chi connectivity index (χ0n) is 11.7. The Hall–Kier alpha value is -2.54. The number of carbonyl (C=O) groups is 1. The summed E-state index contributed by atoms with van der Waals surface area (Å²) in [5.74, 6) is -2.94. The lowest BCUT2D eigenvalue weighted by molar-refractivity contribution is 0.0599. The minimum atomic E-state index is -1.16. The summed E-state index contributed by atoms with van der Waals surface area (Å²) in [6, 6.07) is 4.95. The molecule has 0 aliphatic heterocycles. The van der Waals surface area contributed by atoms with Gasteiger partial charge in [0.05, 0.1) is 25.8 Å². The fourth-order valence-corrected chi connectivity index (χ4v) is 1.95. The Balaban J connectivity index is 2.41. The molecular formula is C15H13F2NO4. The van der Waals surface area contributed by atoms with Crippen LogP contribution in [-0.2, 0) is 17.9 Å². The van der Waals surface area contributed by atoms with Crippen molar-refractivity contribution in [2.75, 3.05) is 7.11 Å². The highest BCUT2D eigenvalue weighted by molar-refractivity contribution is 5.88. The first-order valence-corrected chi connectivity index (χ1v) is 6.33. The van der Waals surface area contributed by atoms with E-state index in [0.29, 0.717) is 0 Å². The Morgan fingerprint density at radius 1 is 1.18 bits per heavy atom. The molecular weight excluding hydrogens is 296 g/mol. The first-order valence-electron chi connectivity index (χ1n) is 6.33. The average Bonchev–Trinajstić information content (AvgIpc) is 2.53. The van der Waals surface area contributed by atoms with Gasteiger partial charge in [0.15, 0.2) is 11.6 Å². The normalized spacial score (nSPS) is 10.5. The van der Waals surface area contributed by atoms with E-state index in [1.165, 1.54) is 31.5 Å². The number of aliphatic hydroxyl groups excluding tert-OH is 1. The molecule has 0 unspecified atom stereocenters. The summed E-state index contributed by atoms with van der Waals surface area (Å²) in [5, 5.41) is 8.88. The van der Waals surface area contributed by atoms with Gasteiger partial charge in [-0.2, -0.15) is 0 Å². The van der Waals surface area contributed by atoms with Crippen molar-refractivity contribution in [1.29, 1.82) is 0 Å². The van der Waals surface area contributed by atoms with Crippen LogP contribution >= 0.6 is 0 Å². The molecule has 22 heavy (non-hydrogen) atoms. The first-order chi connectivity index (χ1) is 10.5. The molecule has 7 heteroatoms. The van der Waals surface area contributed by atoms with Crippen LogP contribution in [-0.4, -0.2) is 22.8 Å². The Kier molecular flexibility index (Phi) is 4.67. The molecule has 1 N–H and O–H groups in total. The zero-order valence-corrected chi connectivity index (χ0v) is 11.7. The smallest absolute Gasteiger partial charge is 0.339 e. The number of aromatic nitrogens is 1. The van der Waals surface area contributed by atoms with E-state index < -0.39 is 29.8 Å². The van der Waals surface area contributed by atoms with Crippen molar-refractivity contribution in [2.24, 2.45) is 0 Å². The lowest BCUT2D eigenvalue weighted by atomic mass is 10.1. The highest BCUT2D eigenvalue weighted by atomic mass is 19.2. The Bertz CT molecular complexity index is 771.